The zero-order chi connectivity index (χ0) is 14.3. The number of benzene rings is 2. The second-order valence-electron chi connectivity index (χ2n) is 4.73. The van der Waals surface area contributed by atoms with Crippen molar-refractivity contribution in [2.24, 2.45) is 0 Å². The summed E-state index contributed by atoms with van der Waals surface area (Å²) in [6.07, 6.45) is 0.191. The van der Waals surface area contributed by atoms with Gasteiger partial charge >= 0.3 is 0 Å². The van der Waals surface area contributed by atoms with Crippen LogP contribution in [0, 0.1) is 0 Å². The van der Waals surface area contributed by atoms with E-state index in [4.69, 9.17) is 23.2 Å². The number of anilines is 1. The molecule has 1 atom stereocenters. The number of ketones is 1. The Morgan fingerprint density at radius 1 is 1.05 bits per heavy atom. The van der Waals surface area contributed by atoms with Crippen molar-refractivity contribution in [2.75, 3.05) is 5.32 Å². The van der Waals surface area contributed by atoms with Crippen LogP contribution in [0.5, 0.6) is 0 Å². The van der Waals surface area contributed by atoms with Gasteiger partial charge in [-0.05, 0) is 24.3 Å². The van der Waals surface area contributed by atoms with Crippen LogP contribution in [0.15, 0.2) is 42.5 Å². The van der Waals surface area contributed by atoms with E-state index in [0.717, 1.165) is 5.69 Å². The molecular weight excluding hydrogens is 313 g/mol. The first kappa shape index (κ1) is 13.8. The number of fused-ring (bicyclic) bond motifs is 1. The van der Waals surface area contributed by atoms with E-state index in [1.54, 1.807) is 24.3 Å². The molecule has 1 unspecified atom stereocenters. The highest BCUT2D eigenvalue weighted by atomic mass is 35.5. The lowest BCUT2D eigenvalue weighted by Gasteiger charge is -2.36. The van der Waals surface area contributed by atoms with Gasteiger partial charge in [0, 0.05) is 33.3 Å². The Balaban J connectivity index is 2.14. The molecule has 0 saturated carbocycles. The molecular formula is C15H11Cl2NOS. The molecule has 0 bridgehead atoms. The highest BCUT2D eigenvalue weighted by molar-refractivity contribution is 7.81. The minimum absolute atomic E-state index is 0.0188. The Morgan fingerprint density at radius 2 is 1.70 bits per heavy atom. The topological polar surface area (TPSA) is 29.1 Å². The predicted molar refractivity (Wildman–Crippen MR) is 86.1 cm³/mol. The summed E-state index contributed by atoms with van der Waals surface area (Å²) in [6.45, 7) is 0. The number of carbonyl (C=O) groups is 1. The predicted octanol–water partition coefficient (Wildman–Crippen LogP) is 4.77. The zero-order valence-electron chi connectivity index (χ0n) is 10.4. The van der Waals surface area contributed by atoms with Crippen molar-refractivity contribution >= 4 is 47.3 Å². The molecule has 0 fully saturated rings. The van der Waals surface area contributed by atoms with Crippen LogP contribution in [-0.2, 0) is 4.87 Å². The van der Waals surface area contributed by atoms with Crippen molar-refractivity contribution in [3.63, 3.8) is 0 Å². The number of hydrogen-bond donors (Lipinski definition) is 2. The molecule has 5 heteroatoms. The third-order valence-corrected chi connectivity index (χ3v) is 4.49. The Labute approximate surface area is 132 Å². The van der Waals surface area contributed by atoms with Gasteiger partial charge in [0.25, 0.3) is 0 Å². The van der Waals surface area contributed by atoms with Crippen molar-refractivity contribution in [3.05, 3.63) is 63.6 Å². The number of nitrogens with one attached hydrogen (secondary N) is 1. The fraction of sp³-hybridized carbons (Fsp3) is 0.133. The molecule has 2 aromatic carbocycles. The summed E-state index contributed by atoms with van der Waals surface area (Å²) in [6, 6.07) is 12.6. The van der Waals surface area contributed by atoms with Gasteiger partial charge in [-0.2, -0.15) is 0 Å². The van der Waals surface area contributed by atoms with Gasteiger partial charge in [0.2, 0.25) is 0 Å². The molecule has 2 nitrogen and oxygen atoms in total. The van der Waals surface area contributed by atoms with Crippen molar-refractivity contribution in [3.8, 4) is 0 Å². The van der Waals surface area contributed by atoms with Crippen LogP contribution in [0.25, 0.3) is 0 Å². The monoisotopic (exact) mass is 323 g/mol. The molecule has 1 heterocycles. The van der Waals surface area contributed by atoms with E-state index in [2.05, 4.69) is 17.9 Å². The summed E-state index contributed by atoms with van der Waals surface area (Å²) < 4.78 is 0. The zero-order valence-corrected chi connectivity index (χ0v) is 12.8. The van der Waals surface area contributed by atoms with Crippen LogP contribution in [0.4, 0.5) is 5.69 Å². The number of rotatable bonds is 1. The molecule has 2 aromatic rings. The van der Waals surface area contributed by atoms with E-state index in [-0.39, 0.29) is 12.2 Å². The molecule has 1 N–H and O–H groups in total. The highest BCUT2D eigenvalue weighted by Gasteiger charge is 2.39. The van der Waals surface area contributed by atoms with Gasteiger partial charge in [0.15, 0.2) is 5.78 Å². The molecule has 0 saturated heterocycles. The first-order valence-corrected chi connectivity index (χ1v) is 7.29. The van der Waals surface area contributed by atoms with Gasteiger partial charge in [0.1, 0.15) is 4.87 Å². The molecule has 0 spiro atoms. The van der Waals surface area contributed by atoms with Gasteiger partial charge in [-0.25, -0.2) is 0 Å². The maximum absolute atomic E-state index is 12.3. The Bertz CT molecular complexity index is 684. The van der Waals surface area contributed by atoms with Crippen molar-refractivity contribution < 1.29 is 4.79 Å². The number of para-hydroxylation sites is 1. The largest absolute Gasteiger partial charge is 0.366 e. The second-order valence-corrected chi connectivity index (χ2v) is 6.31. The van der Waals surface area contributed by atoms with Gasteiger partial charge < -0.3 is 5.32 Å². The third kappa shape index (κ3) is 2.20. The SMILES string of the molecule is O=C1CC(S)(c2c(Cl)cccc2Cl)Nc2ccccc21. The second kappa shape index (κ2) is 4.99. The first-order valence-electron chi connectivity index (χ1n) is 6.08. The van der Waals surface area contributed by atoms with Crippen molar-refractivity contribution in [2.45, 2.75) is 11.3 Å². The Hall–Kier alpha value is -1.16. The normalized spacial score (nSPS) is 21.2. The number of halogens is 2. The summed E-state index contributed by atoms with van der Waals surface area (Å²) in [7, 11) is 0. The van der Waals surface area contributed by atoms with E-state index in [9.17, 15) is 4.79 Å². The number of hydrogen-bond acceptors (Lipinski definition) is 3. The molecule has 0 aliphatic carbocycles. The lowest BCUT2D eigenvalue weighted by atomic mass is 9.91. The molecule has 20 heavy (non-hydrogen) atoms. The summed E-state index contributed by atoms with van der Waals surface area (Å²) >= 11 is 17.1. The average Bonchev–Trinajstić information content (AvgIpc) is 2.38. The minimum Gasteiger partial charge on any atom is -0.366 e. The minimum atomic E-state index is -0.902. The first-order chi connectivity index (χ1) is 9.51. The summed E-state index contributed by atoms with van der Waals surface area (Å²) in [5, 5.41) is 4.26. The van der Waals surface area contributed by atoms with Crippen molar-refractivity contribution in [1.82, 2.24) is 0 Å². The standard InChI is InChI=1S/C15H11Cl2NOS/c16-10-5-3-6-11(17)14(10)15(20)8-13(19)9-4-1-2-7-12(9)18-15/h1-7,18,20H,8H2. The van der Waals surface area contributed by atoms with E-state index < -0.39 is 4.87 Å². The number of thiol groups is 1. The van der Waals surface area contributed by atoms with Gasteiger partial charge in [0.05, 0.1) is 0 Å². The number of carbonyl (C=O) groups excluding carboxylic acids is 1. The van der Waals surface area contributed by atoms with Crippen LogP contribution in [0.1, 0.15) is 22.3 Å². The molecule has 1 aliphatic heterocycles. The van der Waals surface area contributed by atoms with Gasteiger partial charge in [-0.1, -0.05) is 41.4 Å². The maximum Gasteiger partial charge on any atom is 0.168 e. The summed E-state index contributed by atoms with van der Waals surface area (Å²) in [5.74, 6) is 0.0188. The van der Waals surface area contributed by atoms with Gasteiger partial charge in [-0.3, -0.25) is 4.79 Å². The van der Waals surface area contributed by atoms with Crippen LogP contribution in [0.2, 0.25) is 10.0 Å². The van der Waals surface area contributed by atoms with Crippen LogP contribution >= 0.6 is 35.8 Å². The maximum atomic E-state index is 12.3. The summed E-state index contributed by atoms with van der Waals surface area (Å²) in [4.78, 5) is 11.4. The van der Waals surface area contributed by atoms with E-state index in [0.29, 0.717) is 21.2 Å². The fourth-order valence-corrected chi connectivity index (χ4v) is 3.83. The van der Waals surface area contributed by atoms with Crippen LogP contribution in [0.3, 0.4) is 0 Å². The smallest absolute Gasteiger partial charge is 0.168 e. The lowest BCUT2D eigenvalue weighted by Crippen LogP contribution is -2.37. The quantitative estimate of drug-likeness (QED) is 0.740. The van der Waals surface area contributed by atoms with Crippen LogP contribution in [-0.4, -0.2) is 5.78 Å². The Morgan fingerprint density at radius 3 is 2.40 bits per heavy atom. The molecule has 0 radical (unpaired) electrons. The third-order valence-electron chi connectivity index (χ3n) is 3.36. The van der Waals surface area contributed by atoms with E-state index in [1.807, 2.05) is 18.2 Å². The van der Waals surface area contributed by atoms with Crippen molar-refractivity contribution in [1.29, 1.82) is 0 Å². The Kier molecular flexibility index (Phi) is 3.44. The van der Waals surface area contributed by atoms with E-state index in [1.165, 1.54) is 0 Å². The lowest BCUT2D eigenvalue weighted by molar-refractivity contribution is 0.0967. The van der Waals surface area contributed by atoms with Gasteiger partial charge in [-0.15, -0.1) is 12.6 Å². The molecule has 0 aromatic heterocycles. The fourth-order valence-electron chi connectivity index (χ4n) is 2.47. The summed E-state index contributed by atoms with van der Waals surface area (Å²) in [5.41, 5.74) is 2.05. The van der Waals surface area contributed by atoms with Crippen LogP contribution < -0.4 is 5.32 Å². The highest BCUT2D eigenvalue weighted by Crippen LogP contribution is 2.45. The average molecular weight is 324 g/mol. The number of Topliss-reactive ketones (excluding diaryl/α,β-unsaturated/α-hetero) is 1. The molecule has 3 rings (SSSR count). The molecule has 102 valence electrons. The molecule has 0 amide bonds. The molecule has 1 aliphatic rings. The van der Waals surface area contributed by atoms with E-state index >= 15 is 0 Å².